The summed E-state index contributed by atoms with van der Waals surface area (Å²) in [7, 11) is -3.30. The second kappa shape index (κ2) is 6.22. The highest BCUT2D eigenvalue weighted by Gasteiger charge is 2.24. The van der Waals surface area contributed by atoms with Gasteiger partial charge >= 0.3 is 0 Å². The second-order valence-corrected chi connectivity index (χ2v) is 7.14. The Balaban J connectivity index is 2.01. The second-order valence-electron chi connectivity index (χ2n) is 4.94. The molecule has 0 radical (unpaired) electrons. The van der Waals surface area contributed by atoms with Gasteiger partial charge in [0.1, 0.15) is 0 Å². The van der Waals surface area contributed by atoms with Crippen molar-refractivity contribution < 1.29 is 8.42 Å². The number of nitrogens with one attached hydrogen (secondary N) is 2. The molecule has 0 aromatic heterocycles. The summed E-state index contributed by atoms with van der Waals surface area (Å²) in [4.78, 5) is 0. The average molecular weight is 303 g/mol. The van der Waals surface area contributed by atoms with E-state index in [1.54, 1.807) is 13.0 Å². The van der Waals surface area contributed by atoms with Gasteiger partial charge in [-0.2, -0.15) is 0 Å². The molecule has 1 heterocycles. The highest BCUT2D eigenvalue weighted by atomic mass is 35.5. The van der Waals surface area contributed by atoms with Gasteiger partial charge < -0.3 is 5.32 Å². The average Bonchev–Trinajstić information content (AvgIpc) is 2.80. The highest BCUT2D eigenvalue weighted by Crippen LogP contribution is 2.23. The molecule has 1 aromatic rings. The fourth-order valence-electron chi connectivity index (χ4n) is 2.37. The summed E-state index contributed by atoms with van der Waals surface area (Å²) in [5.41, 5.74) is 0.798. The van der Waals surface area contributed by atoms with E-state index in [1.165, 1.54) is 0 Å². The molecule has 1 aliphatic rings. The van der Waals surface area contributed by atoms with Crippen LogP contribution in [0.25, 0.3) is 0 Å². The van der Waals surface area contributed by atoms with Gasteiger partial charge in [-0.3, -0.25) is 0 Å². The van der Waals surface area contributed by atoms with E-state index in [-0.39, 0.29) is 17.8 Å². The normalized spacial score (nSPS) is 21.5. The zero-order chi connectivity index (χ0) is 13.9. The molecule has 6 heteroatoms. The summed E-state index contributed by atoms with van der Waals surface area (Å²) in [6.07, 6.45) is 1.96. The molecule has 1 saturated heterocycles. The van der Waals surface area contributed by atoms with Crippen LogP contribution < -0.4 is 10.0 Å². The molecule has 4 nitrogen and oxygen atoms in total. The molecule has 1 aliphatic heterocycles. The van der Waals surface area contributed by atoms with Crippen molar-refractivity contribution in [2.45, 2.75) is 31.8 Å². The Morgan fingerprint density at radius 3 is 2.84 bits per heavy atom. The fraction of sp³-hybridized carbons (Fsp3) is 0.538. The van der Waals surface area contributed by atoms with Crippen LogP contribution in [0, 0.1) is 0 Å². The van der Waals surface area contributed by atoms with Crippen LogP contribution in [0.15, 0.2) is 24.3 Å². The van der Waals surface area contributed by atoms with Gasteiger partial charge in [0, 0.05) is 17.1 Å². The van der Waals surface area contributed by atoms with Crippen molar-refractivity contribution in [2.75, 3.05) is 12.3 Å². The van der Waals surface area contributed by atoms with Gasteiger partial charge in [-0.25, -0.2) is 13.1 Å². The zero-order valence-electron chi connectivity index (χ0n) is 10.9. The summed E-state index contributed by atoms with van der Waals surface area (Å²) < 4.78 is 26.9. The summed E-state index contributed by atoms with van der Waals surface area (Å²) in [6, 6.07) is 7.03. The lowest BCUT2D eigenvalue weighted by molar-refractivity contribution is 0.551. The van der Waals surface area contributed by atoms with Crippen LogP contribution in [-0.2, 0) is 10.0 Å². The molecule has 0 amide bonds. The summed E-state index contributed by atoms with van der Waals surface area (Å²) in [5.74, 6) is 0.127. The van der Waals surface area contributed by atoms with Gasteiger partial charge in [-0.1, -0.05) is 29.8 Å². The Morgan fingerprint density at radius 2 is 2.21 bits per heavy atom. The lowest BCUT2D eigenvalue weighted by Gasteiger charge is -2.17. The zero-order valence-corrected chi connectivity index (χ0v) is 12.5. The number of sulfonamides is 1. The SMILES string of the molecule is CC(NS(=O)(=O)CC1CCCN1)c1ccccc1Cl. The number of hydrogen-bond donors (Lipinski definition) is 2. The fourth-order valence-corrected chi connectivity index (χ4v) is 4.25. The van der Waals surface area contributed by atoms with Crippen LogP contribution in [0.1, 0.15) is 31.4 Å². The standard InChI is InChI=1S/C13H19ClN2O2S/c1-10(12-6-2-3-7-13(12)14)16-19(17,18)9-11-5-4-8-15-11/h2-3,6-7,10-11,15-16H,4-5,8-9H2,1H3. The maximum atomic E-state index is 12.1. The van der Waals surface area contributed by atoms with Crippen LogP contribution in [0.5, 0.6) is 0 Å². The maximum Gasteiger partial charge on any atom is 0.213 e. The van der Waals surface area contributed by atoms with Crippen molar-refractivity contribution in [1.29, 1.82) is 0 Å². The Hall–Kier alpha value is -0.620. The van der Waals surface area contributed by atoms with E-state index in [2.05, 4.69) is 10.0 Å². The lowest BCUT2D eigenvalue weighted by atomic mass is 10.1. The smallest absolute Gasteiger partial charge is 0.213 e. The van der Waals surface area contributed by atoms with E-state index in [1.807, 2.05) is 18.2 Å². The number of rotatable bonds is 5. The predicted octanol–water partition coefficient (Wildman–Crippen LogP) is 2.07. The summed E-state index contributed by atoms with van der Waals surface area (Å²) >= 11 is 6.07. The monoisotopic (exact) mass is 302 g/mol. The number of benzene rings is 1. The van der Waals surface area contributed by atoms with Crippen LogP contribution in [-0.4, -0.2) is 26.8 Å². The first-order chi connectivity index (χ1) is 8.98. The Labute approximate surface area is 119 Å². The van der Waals surface area contributed by atoms with Crippen LogP contribution in [0.4, 0.5) is 0 Å². The van der Waals surface area contributed by atoms with Gasteiger partial charge in [0.25, 0.3) is 0 Å². The predicted molar refractivity (Wildman–Crippen MR) is 77.8 cm³/mol. The van der Waals surface area contributed by atoms with Crippen molar-refractivity contribution >= 4 is 21.6 Å². The van der Waals surface area contributed by atoms with Crippen LogP contribution >= 0.6 is 11.6 Å². The maximum absolute atomic E-state index is 12.1. The molecular weight excluding hydrogens is 284 g/mol. The molecule has 0 bridgehead atoms. The first-order valence-corrected chi connectivity index (χ1v) is 8.49. The third kappa shape index (κ3) is 4.18. The molecule has 0 saturated carbocycles. The van der Waals surface area contributed by atoms with Crippen LogP contribution in [0.3, 0.4) is 0 Å². The van der Waals surface area contributed by atoms with Crippen molar-refractivity contribution in [3.63, 3.8) is 0 Å². The molecule has 19 heavy (non-hydrogen) atoms. The largest absolute Gasteiger partial charge is 0.313 e. The van der Waals surface area contributed by atoms with E-state index in [9.17, 15) is 8.42 Å². The van der Waals surface area contributed by atoms with Crippen LogP contribution in [0.2, 0.25) is 5.02 Å². The first kappa shape index (κ1) is 14.8. The van der Waals surface area contributed by atoms with Crippen molar-refractivity contribution in [3.8, 4) is 0 Å². The Kier molecular flexibility index (Phi) is 4.84. The minimum absolute atomic E-state index is 0.0657. The molecule has 2 atom stereocenters. The van der Waals surface area contributed by atoms with E-state index in [0.29, 0.717) is 5.02 Å². The quantitative estimate of drug-likeness (QED) is 0.875. The van der Waals surface area contributed by atoms with Gasteiger partial charge in [0.2, 0.25) is 10.0 Å². The molecule has 1 aromatic carbocycles. The lowest BCUT2D eigenvalue weighted by Crippen LogP contribution is -2.37. The third-order valence-electron chi connectivity index (χ3n) is 3.31. The molecule has 1 fully saturated rings. The Morgan fingerprint density at radius 1 is 1.47 bits per heavy atom. The molecule has 2 unspecified atom stereocenters. The minimum Gasteiger partial charge on any atom is -0.313 e. The van der Waals surface area contributed by atoms with Gasteiger partial charge in [-0.05, 0) is 37.9 Å². The van der Waals surface area contributed by atoms with Crippen molar-refractivity contribution in [1.82, 2.24) is 10.0 Å². The van der Waals surface area contributed by atoms with Gasteiger partial charge in [0.15, 0.2) is 0 Å². The van der Waals surface area contributed by atoms with Gasteiger partial charge in [0.05, 0.1) is 5.75 Å². The topological polar surface area (TPSA) is 58.2 Å². The van der Waals surface area contributed by atoms with E-state index >= 15 is 0 Å². The molecule has 2 N–H and O–H groups in total. The highest BCUT2D eigenvalue weighted by molar-refractivity contribution is 7.89. The molecule has 2 rings (SSSR count). The minimum atomic E-state index is -3.30. The van der Waals surface area contributed by atoms with Crippen molar-refractivity contribution in [2.24, 2.45) is 0 Å². The number of hydrogen-bond acceptors (Lipinski definition) is 3. The number of halogens is 1. The van der Waals surface area contributed by atoms with E-state index in [4.69, 9.17) is 11.6 Å². The summed E-state index contributed by atoms with van der Waals surface area (Å²) in [6.45, 7) is 2.71. The van der Waals surface area contributed by atoms with E-state index < -0.39 is 10.0 Å². The molecular formula is C13H19ClN2O2S. The Bertz CT molecular complexity index is 527. The molecule has 106 valence electrons. The third-order valence-corrected chi connectivity index (χ3v) is 5.21. The van der Waals surface area contributed by atoms with E-state index in [0.717, 1.165) is 24.9 Å². The summed E-state index contributed by atoms with van der Waals surface area (Å²) in [5, 5.41) is 3.77. The van der Waals surface area contributed by atoms with Gasteiger partial charge in [-0.15, -0.1) is 0 Å². The first-order valence-electron chi connectivity index (χ1n) is 6.46. The molecule has 0 spiro atoms. The molecule has 0 aliphatic carbocycles. The van der Waals surface area contributed by atoms with Crippen molar-refractivity contribution in [3.05, 3.63) is 34.9 Å².